The lowest BCUT2D eigenvalue weighted by Gasteiger charge is -2.22. The van der Waals surface area contributed by atoms with Gasteiger partial charge in [-0.2, -0.15) is 11.8 Å². The fourth-order valence-corrected chi connectivity index (χ4v) is 2.85. The molecule has 1 heterocycles. The van der Waals surface area contributed by atoms with Crippen molar-refractivity contribution >= 4 is 11.8 Å². The Morgan fingerprint density at radius 3 is 2.75 bits per heavy atom. The molecule has 0 bridgehead atoms. The summed E-state index contributed by atoms with van der Waals surface area (Å²) in [5, 5.41) is 2.88. The fraction of sp³-hybridized carbons (Fsp3) is 1.00. The lowest BCUT2D eigenvalue weighted by molar-refractivity contribution is 0.255. The van der Waals surface area contributed by atoms with E-state index in [2.05, 4.69) is 5.32 Å². The number of rotatable bonds is 4. The second kappa shape index (κ2) is 5.81. The molecule has 0 amide bonds. The minimum Gasteiger partial charge on any atom is -0.317 e. The summed E-state index contributed by atoms with van der Waals surface area (Å²) in [7, 11) is 1.81. The summed E-state index contributed by atoms with van der Waals surface area (Å²) in [6.07, 6.45) is 2.56. The smallest absolute Gasteiger partial charge is 0.113 e. The van der Waals surface area contributed by atoms with Crippen LogP contribution in [0.25, 0.3) is 0 Å². The molecule has 1 unspecified atom stereocenters. The van der Waals surface area contributed by atoms with Crippen molar-refractivity contribution in [3.63, 3.8) is 0 Å². The van der Waals surface area contributed by atoms with Gasteiger partial charge in [-0.3, -0.25) is 0 Å². The molecule has 1 saturated heterocycles. The number of hydrogen-bond acceptors (Lipinski definition) is 2. The lowest BCUT2D eigenvalue weighted by atomic mass is 9.96. The molecule has 0 aliphatic carbocycles. The summed E-state index contributed by atoms with van der Waals surface area (Å²) < 4.78 is 13.1. The summed E-state index contributed by atoms with van der Waals surface area (Å²) in [5.74, 6) is 3.11. The van der Waals surface area contributed by atoms with Crippen molar-refractivity contribution in [2.45, 2.75) is 25.4 Å². The van der Waals surface area contributed by atoms with Gasteiger partial charge in [-0.15, -0.1) is 0 Å². The summed E-state index contributed by atoms with van der Waals surface area (Å²) in [4.78, 5) is 0. The van der Waals surface area contributed by atoms with Gasteiger partial charge in [-0.25, -0.2) is 4.39 Å². The molecule has 72 valence electrons. The Labute approximate surface area is 78.5 Å². The van der Waals surface area contributed by atoms with Gasteiger partial charge in [0.1, 0.15) is 6.17 Å². The molecular formula is C9H18FNS. The van der Waals surface area contributed by atoms with Gasteiger partial charge in [0.15, 0.2) is 0 Å². The van der Waals surface area contributed by atoms with Gasteiger partial charge >= 0.3 is 0 Å². The molecule has 0 radical (unpaired) electrons. The predicted molar refractivity (Wildman–Crippen MR) is 53.5 cm³/mol. The maximum Gasteiger partial charge on any atom is 0.113 e. The Kier molecular flexibility index (Phi) is 5.00. The van der Waals surface area contributed by atoms with Crippen LogP contribution in [0.1, 0.15) is 19.3 Å². The molecule has 1 fully saturated rings. The molecule has 0 saturated carbocycles. The normalized spacial score (nSPS) is 22.5. The third-order valence-electron chi connectivity index (χ3n) is 2.36. The van der Waals surface area contributed by atoms with Crippen molar-refractivity contribution < 1.29 is 4.39 Å². The van der Waals surface area contributed by atoms with E-state index in [4.69, 9.17) is 0 Å². The summed E-state index contributed by atoms with van der Waals surface area (Å²) in [6.45, 7) is 0.518. The molecule has 1 atom stereocenters. The van der Waals surface area contributed by atoms with Crippen LogP contribution in [0.4, 0.5) is 4.39 Å². The van der Waals surface area contributed by atoms with Crippen molar-refractivity contribution in [3.8, 4) is 0 Å². The summed E-state index contributed by atoms with van der Waals surface area (Å²) in [5.41, 5.74) is 0. The van der Waals surface area contributed by atoms with Crippen LogP contribution in [0, 0.1) is 5.92 Å². The molecule has 12 heavy (non-hydrogen) atoms. The predicted octanol–water partition coefficient (Wildman–Crippen LogP) is 2.08. The zero-order valence-electron chi connectivity index (χ0n) is 7.68. The van der Waals surface area contributed by atoms with Gasteiger partial charge in [0, 0.05) is 6.54 Å². The second-order valence-electron chi connectivity index (χ2n) is 3.45. The van der Waals surface area contributed by atoms with Crippen LogP contribution in [0.5, 0.6) is 0 Å². The molecule has 1 aliphatic rings. The van der Waals surface area contributed by atoms with Crippen LogP contribution in [0.3, 0.4) is 0 Å². The largest absolute Gasteiger partial charge is 0.317 e. The Hall–Kier alpha value is 0.240. The van der Waals surface area contributed by atoms with Gasteiger partial charge in [-0.05, 0) is 43.7 Å². The fourth-order valence-electron chi connectivity index (χ4n) is 1.65. The first-order valence-electron chi connectivity index (χ1n) is 4.69. The van der Waals surface area contributed by atoms with E-state index in [-0.39, 0.29) is 0 Å². The van der Waals surface area contributed by atoms with E-state index in [0.717, 1.165) is 6.42 Å². The lowest BCUT2D eigenvalue weighted by Crippen LogP contribution is -2.24. The number of halogens is 1. The quantitative estimate of drug-likeness (QED) is 0.730. The topological polar surface area (TPSA) is 12.0 Å². The number of nitrogens with one attached hydrogen (secondary N) is 1. The SMILES string of the molecule is CNCC(F)CC1CCSCC1. The first kappa shape index (κ1) is 10.3. The molecular weight excluding hydrogens is 173 g/mol. The average molecular weight is 191 g/mol. The minimum atomic E-state index is -0.636. The van der Waals surface area contributed by atoms with Gasteiger partial charge in [0.2, 0.25) is 0 Å². The molecule has 0 aromatic rings. The maximum atomic E-state index is 13.1. The van der Waals surface area contributed by atoms with Crippen molar-refractivity contribution in [2.75, 3.05) is 25.1 Å². The van der Waals surface area contributed by atoms with Crippen molar-refractivity contribution in [1.82, 2.24) is 5.32 Å². The highest BCUT2D eigenvalue weighted by molar-refractivity contribution is 7.99. The molecule has 0 aromatic heterocycles. The summed E-state index contributed by atoms with van der Waals surface area (Å²) in [6, 6.07) is 0. The number of alkyl halides is 1. The molecule has 1 rings (SSSR count). The third kappa shape index (κ3) is 3.76. The number of thioether (sulfide) groups is 1. The van der Waals surface area contributed by atoms with E-state index >= 15 is 0 Å². The van der Waals surface area contributed by atoms with Gasteiger partial charge in [0.05, 0.1) is 0 Å². The van der Waals surface area contributed by atoms with E-state index in [9.17, 15) is 4.39 Å². The monoisotopic (exact) mass is 191 g/mol. The summed E-state index contributed by atoms with van der Waals surface area (Å²) >= 11 is 2.00. The van der Waals surface area contributed by atoms with Gasteiger partial charge in [0.25, 0.3) is 0 Å². The second-order valence-corrected chi connectivity index (χ2v) is 4.67. The van der Waals surface area contributed by atoms with E-state index < -0.39 is 6.17 Å². The first-order chi connectivity index (χ1) is 5.83. The molecule has 0 aromatic carbocycles. The van der Waals surface area contributed by atoms with E-state index in [1.165, 1.54) is 24.3 Å². The van der Waals surface area contributed by atoms with Crippen LogP contribution in [-0.4, -0.2) is 31.3 Å². The molecule has 1 aliphatic heterocycles. The highest BCUT2D eigenvalue weighted by Gasteiger charge is 2.17. The Balaban J connectivity index is 2.11. The van der Waals surface area contributed by atoms with Crippen LogP contribution >= 0.6 is 11.8 Å². The molecule has 1 N–H and O–H groups in total. The Bertz CT molecular complexity index is 115. The average Bonchev–Trinajstić information content (AvgIpc) is 2.06. The highest BCUT2D eigenvalue weighted by Crippen LogP contribution is 2.26. The van der Waals surface area contributed by atoms with Crippen LogP contribution in [0.2, 0.25) is 0 Å². The molecule has 0 spiro atoms. The van der Waals surface area contributed by atoms with Crippen molar-refractivity contribution in [3.05, 3.63) is 0 Å². The Morgan fingerprint density at radius 1 is 1.50 bits per heavy atom. The highest BCUT2D eigenvalue weighted by atomic mass is 32.2. The zero-order valence-corrected chi connectivity index (χ0v) is 8.50. The van der Waals surface area contributed by atoms with Crippen LogP contribution in [-0.2, 0) is 0 Å². The molecule has 1 nitrogen and oxygen atoms in total. The van der Waals surface area contributed by atoms with Gasteiger partial charge < -0.3 is 5.32 Å². The standard InChI is InChI=1S/C9H18FNS/c1-11-7-9(10)6-8-2-4-12-5-3-8/h8-9,11H,2-7H2,1H3. The third-order valence-corrected chi connectivity index (χ3v) is 3.40. The van der Waals surface area contributed by atoms with Crippen LogP contribution < -0.4 is 5.32 Å². The van der Waals surface area contributed by atoms with E-state index in [1.807, 2.05) is 18.8 Å². The molecule has 3 heteroatoms. The minimum absolute atomic E-state index is 0.518. The maximum absolute atomic E-state index is 13.1. The zero-order chi connectivity index (χ0) is 8.81. The van der Waals surface area contributed by atoms with Crippen molar-refractivity contribution in [1.29, 1.82) is 0 Å². The van der Waals surface area contributed by atoms with Gasteiger partial charge in [-0.1, -0.05) is 0 Å². The first-order valence-corrected chi connectivity index (χ1v) is 5.85. The van der Waals surface area contributed by atoms with Crippen molar-refractivity contribution in [2.24, 2.45) is 5.92 Å². The van der Waals surface area contributed by atoms with Crippen LogP contribution in [0.15, 0.2) is 0 Å². The van der Waals surface area contributed by atoms with E-state index in [1.54, 1.807) is 0 Å². The van der Waals surface area contributed by atoms with E-state index in [0.29, 0.717) is 12.5 Å². The number of hydrogen-bond donors (Lipinski definition) is 1. The Morgan fingerprint density at radius 2 is 2.17 bits per heavy atom.